The molecule has 20 heavy (non-hydrogen) atoms. The van der Waals surface area contributed by atoms with Gasteiger partial charge in [-0.2, -0.15) is 4.98 Å². The van der Waals surface area contributed by atoms with Gasteiger partial charge < -0.3 is 14.6 Å². The minimum atomic E-state index is 0.535. The van der Waals surface area contributed by atoms with Crippen molar-refractivity contribution in [1.82, 2.24) is 20.0 Å². The number of aromatic nitrogens is 3. The van der Waals surface area contributed by atoms with Crippen molar-refractivity contribution >= 4 is 16.9 Å². The Morgan fingerprint density at radius 1 is 1.30 bits per heavy atom. The molecule has 0 aliphatic carbocycles. The number of morpholine rings is 1. The molecule has 108 valence electrons. The second-order valence-electron chi connectivity index (χ2n) is 4.90. The lowest BCUT2D eigenvalue weighted by atomic mass is 10.3. The van der Waals surface area contributed by atoms with E-state index in [0.717, 1.165) is 62.7 Å². The standard InChI is InChI=1S/C13H19N5O2/c1-10-11-12(15-9-16-13(11)20-17-10)14-3-2-4-18-5-7-19-8-6-18/h9H,2-8H2,1H3,(H,14,15,16). The summed E-state index contributed by atoms with van der Waals surface area (Å²) in [6.07, 6.45) is 2.56. The molecular formula is C13H19N5O2. The van der Waals surface area contributed by atoms with Crippen LogP contribution in [-0.2, 0) is 4.74 Å². The third-order valence-electron chi connectivity index (χ3n) is 3.49. The number of fused-ring (bicyclic) bond motifs is 1. The van der Waals surface area contributed by atoms with Gasteiger partial charge in [0.1, 0.15) is 17.5 Å². The highest BCUT2D eigenvalue weighted by atomic mass is 16.5. The number of rotatable bonds is 5. The molecule has 0 bridgehead atoms. The highest BCUT2D eigenvalue weighted by Crippen LogP contribution is 2.22. The Morgan fingerprint density at radius 2 is 2.15 bits per heavy atom. The second-order valence-corrected chi connectivity index (χ2v) is 4.90. The maximum absolute atomic E-state index is 5.34. The quantitative estimate of drug-likeness (QED) is 0.819. The molecule has 0 atom stereocenters. The maximum atomic E-state index is 5.34. The van der Waals surface area contributed by atoms with Crippen molar-refractivity contribution in [1.29, 1.82) is 0 Å². The topological polar surface area (TPSA) is 76.3 Å². The van der Waals surface area contributed by atoms with Crippen LogP contribution in [0.15, 0.2) is 10.9 Å². The highest BCUT2D eigenvalue weighted by Gasteiger charge is 2.12. The van der Waals surface area contributed by atoms with E-state index in [1.165, 1.54) is 6.33 Å². The fourth-order valence-corrected chi connectivity index (χ4v) is 2.39. The van der Waals surface area contributed by atoms with E-state index in [-0.39, 0.29) is 0 Å². The summed E-state index contributed by atoms with van der Waals surface area (Å²) in [4.78, 5) is 10.8. The normalized spacial score (nSPS) is 16.6. The van der Waals surface area contributed by atoms with Gasteiger partial charge in [0.05, 0.1) is 18.9 Å². The molecule has 7 nitrogen and oxygen atoms in total. The molecule has 1 aliphatic rings. The Bertz CT molecular complexity index is 565. The lowest BCUT2D eigenvalue weighted by Crippen LogP contribution is -2.37. The summed E-state index contributed by atoms with van der Waals surface area (Å²) in [5.41, 5.74) is 1.35. The van der Waals surface area contributed by atoms with Crippen LogP contribution in [0, 0.1) is 6.92 Å². The van der Waals surface area contributed by atoms with Crippen LogP contribution < -0.4 is 5.32 Å². The van der Waals surface area contributed by atoms with Crippen LogP contribution in [0.25, 0.3) is 11.1 Å². The summed E-state index contributed by atoms with van der Waals surface area (Å²) in [7, 11) is 0. The molecule has 0 aromatic carbocycles. The van der Waals surface area contributed by atoms with Crippen molar-refractivity contribution in [3.05, 3.63) is 12.0 Å². The van der Waals surface area contributed by atoms with E-state index in [2.05, 4.69) is 25.3 Å². The first kappa shape index (κ1) is 13.3. The minimum absolute atomic E-state index is 0.535. The van der Waals surface area contributed by atoms with Gasteiger partial charge >= 0.3 is 0 Å². The third-order valence-corrected chi connectivity index (χ3v) is 3.49. The zero-order valence-electron chi connectivity index (χ0n) is 11.6. The number of nitrogens with one attached hydrogen (secondary N) is 1. The van der Waals surface area contributed by atoms with Crippen LogP contribution in [0.4, 0.5) is 5.82 Å². The van der Waals surface area contributed by atoms with Gasteiger partial charge in [0, 0.05) is 19.6 Å². The van der Waals surface area contributed by atoms with Crippen LogP contribution >= 0.6 is 0 Å². The Morgan fingerprint density at radius 3 is 3.00 bits per heavy atom. The molecule has 2 aromatic heterocycles. The van der Waals surface area contributed by atoms with Crippen molar-refractivity contribution < 1.29 is 9.26 Å². The number of hydrogen-bond acceptors (Lipinski definition) is 7. The number of hydrogen-bond donors (Lipinski definition) is 1. The van der Waals surface area contributed by atoms with Crippen molar-refractivity contribution in [3.8, 4) is 0 Å². The SMILES string of the molecule is Cc1noc2ncnc(NCCCN3CCOCC3)c12. The first-order chi connectivity index (χ1) is 9.84. The van der Waals surface area contributed by atoms with E-state index in [1.54, 1.807) is 0 Å². The molecule has 7 heteroatoms. The van der Waals surface area contributed by atoms with Crippen molar-refractivity contribution in [3.63, 3.8) is 0 Å². The van der Waals surface area contributed by atoms with E-state index in [4.69, 9.17) is 9.26 Å². The Kier molecular flexibility index (Phi) is 4.08. The third kappa shape index (κ3) is 2.88. The Balaban J connectivity index is 1.53. The molecule has 1 N–H and O–H groups in total. The zero-order valence-corrected chi connectivity index (χ0v) is 11.6. The van der Waals surface area contributed by atoms with E-state index in [9.17, 15) is 0 Å². The van der Waals surface area contributed by atoms with Gasteiger partial charge in [-0.25, -0.2) is 4.98 Å². The monoisotopic (exact) mass is 277 g/mol. The van der Waals surface area contributed by atoms with Crippen LogP contribution in [-0.4, -0.2) is 59.4 Å². The molecule has 0 saturated carbocycles. The van der Waals surface area contributed by atoms with E-state index in [0.29, 0.717) is 5.71 Å². The van der Waals surface area contributed by atoms with Crippen molar-refractivity contribution in [2.24, 2.45) is 0 Å². The minimum Gasteiger partial charge on any atom is -0.379 e. The second kappa shape index (κ2) is 6.15. The zero-order chi connectivity index (χ0) is 13.8. The number of ether oxygens (including phenoxy) is 1. The fourth-order valence-electron chi connectivity index (χ4n) is 2.39. The Hall–Kier alpha value is -1.73. The predicted octanol–water partition coefficient (Wildman–Crippen LogP) is 1.06. The highest BCUT2D eigenvalue weighted by molar-refractivity contribution is 5.87. The first-order valence-corrected chi connectivity index (χ1v) is 6.95. The molecule has 3 rings (SSSR count). The van der Waals surface area contributed by atoms with Crippen molar-refractivity contribution in [2.45, 2.75) is 13.3 Å². The van der Waals surface area contributed by atoms with E-state index >= 15 is 0 Å². The molecule has 3 heterocycles. The molecule has 0 unspecified atom stereocenters. The van der Waals surface area contributed by atoms with Crippen LogP contribution in [0.3, 0.4) is 0 Å². The van der Waals surface area contributed by atoms with Crippen LogP contribution in [0.1, 0.15) is 12.1 Å². The van der Waals surface area contributed by atoms with Gasteiger partial charge in [-0.1, -0.05) is 5.16 Å². The van der Waals surface area contributed by atoms with Gasteiger partial charge in [0.25, 0.3) is 5.71 Å². The summed E-state index contributed by atoms with van der Waals surface area (Å²) in [6.45, 7) is 7.60. The smallest absolute Gasteiger partial charge is 0.263 e. The number of nitrogens with zero attached hydrogens (tertiary/aromatic N) is 4. The van der Waals surface area contributed by atoms with E-state index < -0.39 is 0 Å². The average molecular weight is 277 g/mol. The fraction of sp³-hybridized carbons (Fsp3) is 0.615. The summed E-state index contributed by atoms with van der Waals surface area (Å²) in [6, 6.07) is 0. The van der Waals surface area contributed by atoms with Gasteiger partial charge in [-0.15, -0.1) is 0 Å². The Labute approximate surface area is 117 Å². The molecule has 1 aliphatic heterocycles. The lowest BCUT2D eigenvalue weighted by Gasteiger charge is -2.26. The molecule has 0 amide bonds. The van der Waals surface area contributed by atoms with Crippen LogP contribution in [0.2, 0.25) is 0 Å². The maximum Gasteiger partial charge on any atom is 0.263 e. The number of anilines is 1. The molecule has 2 aromatic rings. The summed E-state index contributed by atoms with van der Waals surface area (Å²) >= 11 is 0. The summed E-state index contributed by atoms with van der Waals surface area (Å²) in [5.74, 6) is 0.802. The van der Waals surface area contributed by atoms with Crippen LogP contribution in [0.5, 0.6) is 0 Å². The van der Waals surface area contributed by atoms with Gasteiger partial charge in [0.15, 0.2) is 0 Å². The average Bonchev–Trinajstić information content (AvgIpc) is 2.87. The number of aryl methyl sites for hydroxylation is 1. The molecular weight excluding hydrogens is 258 g/mol. The first-order valence-electron chi connectivity index (χ1n) is 6.95. The largest absolute Gasteiger partial charge is 0.379 e. The molecule has 0 radical (unpaired) electrons. The van der Waals surface area contributed by atoms with Gasteiger partial charge in [0.2, 0.25) is 0 Å². The lowest BCUT2D eigenvalue weighted by molar-refractivity contribution is 0.0378. The molecule has 1 fully saturated rings. The predicted molar refractivity (Wildman–Crippen MR) is 74.7 cm³/mol. The molecule has 0 spiro atoms. The van der Waals surface area contributed by atoms with E-state index in [1.807, 2.05) is 6.92 Å². The molecule has 1 saturated heterocycles. The van der Waals surface area contributed by atoms with Gasteiger partial charge in [-0.05, 0) is 19.9 Å². The van der Waals surface area contributed by atoms with Gasteiger partial charge in [-0.3, -0.25) is 4.90 Å². The van der Waals surface area contributed by atoms with Crippen molar-refractivity contribution in [2.75, 3.05) is 44.7 Å². The summed E-state index contributed by atoms with van der Waals surface area (Å²) < 4.78 is 10.5. The summed E-state index contributed by atoms with van der Waals surface area (Å²) in [5, 5.41) is 8.14.